The molecule has 0 aromatic carbocycles. The van der Waals surface area contributed by atoms with Crippen LogP contribution in [0.4, 0.5) is 0 Å². The molecule has 0 spiro atoms. The SMILES string of the molecule is C=C(C)C(=O)OCC1COC(C)(C)O1.C=C(C)C(=O)OCC1COC(C)(C)O1. The van der Waals surface area contributed by atoms with Crippen LogP contribution in [0.5, 0.6) is 0 Å². The molecule has 2 saturated heterocycles. The molecule has 0 amide bonds. The summed E-state index contributed by atoms with van der Waals surface area (Å²) in [6.45, 7) is 18.8. The Hall–Kier alpha value is -1.74. The van der Waals surface area contributed by atoms with E-state index in [1.165, 1.54) is 0 Å². The van der Waals surface area contributed by atoms with Gasteiger partial charge in [0.25, 0.3) is 0 Å². The van der Waals surface area contributed by atoms with Gasteiger partial charge in [-0.1, -0.05) is 13.2 Å². The van der Waals surface area contributed by atoms with Crippen LogP contribution < -0.4 is 0 Å². The number of carbonyl (C=O) groups excluding carboxylic acids is 2. The van der Waals surface area contributed by atoms with Gasteiger partial charge in [-0.05, 0) is 41.5 Å². The molecule has 2 unspecified atom stereocenters. The lowest BCUT2D eigenvalue weighted by Crippen LogP contribution is -2.25. The number of esters is 2. The zero-order valence-electron chi connectivity index (χ0n) is 17.7. The van der Waals surface area contributed by atoms with E-state index in [4.69, 9.17) is 28.4 Å². The predicted octanol–water partition coefficient (Wildman–Crippen LogP) is 2.51. The average Bonchev–Trinajstić information content (AvgIpc) is 3.11. The monoisotopic (exact) mass is 400 g/mol. The highest BCUT2D eigenvalue weighted by atomic mass is 16.8. The molecule has 2 fully saturated rings. The molecule has 0 radical (unpaired) electrons. The zero-order valence-corrected chi connectivity index (χ0v) is 17.7. The van der Waals surface area contributed by atoms with E-state index in [-0.39, 0.29) is 25.4 Å². The summed E-state index contributed by atoms with van der Waals surface area (Å²) in [6, 6.07) is 0. The molecule has 28 heavy (non-hydrogen) atoms. The quantitative estimate of drug-likeness (QED) is 0.496. The number of carbonyl (C=O) groups is 2. The maximum Gasteiger partial charge on any atom is 0.333 e. The molecular formula is C20H32O8. The summed E-state index contributed by atoms with van der Waals surface area (Å²) in [6.07, 6.45) is -0.346. The Kier molecular flexibility index (Phi) is 8.81. The minimum atomic E-state index is -0.569. The zero-order chi connectivity index (χ0) is 21.5. The van der Waals surface area contributed by atoms with Crippen LogP contribution in [0.2, 0.25) is 0 Å². The van der Waals surface area contributed by atoms with Crippen molar-refractivity contribution >= 4 is 11.9 Å². The minimum Gasteiger partial charge on any atom is -0.459 e. The molecule has 0 aromatic rings. The van der Waals surface area contributed by atoms with Crippen molar-refractivity contribution in [3.05, 3.63) is 24.3 Å². The first-order valence-corrected chi connectivity index (χ1v) is 9.10. The van der Waals surface area contributed by atoms with Crippen LogP contribution in [0.3, 0.4) is 0 Å². The molecule has 8 nitrogen and oxygen atoms in total. The van der Waals surface area contributed by atoms with E-state index in [0.29, 0.717) is 24.4 Å². The van der Waals surface area contributed by atoms with Crippen LogP contribution in [-0.2, 0) is 38.0 Å². The van der Waals surface area contributed by atoms with Crippen molar-refractivity contribution in [2.24, 2.45) is 0 Å². The topological polar surface area (TPSA) is 89.5 Å². The van der Waals surface area contributed by atoms with Gasteiger partial charge in [0.2, 0.25) is 0 Å². The van der Waals surface area contributed by atoms with Crippen molar-refractivity contribution in [1.29, 1.82) is 0 Å². The van der Waals surface area contributed by atoms with Crippen molar-refractivity contribution in [2.75, 3.05) is 26.4 Å². The van der Waals surface area contributed by atoms with E-state index in [2.05, 4.69) is 13.2 Å². The maximum atomic E-state index is 11.0. The second kappa shape index (κ2) is 10.2. The highest BCUT2D eigenvalue weighted by Gasteiger charge is 2.34. The highest BCUT2D eigenvalue weighted by molar-refractivity contribution is 5.87. The molecule has 0 saturated carbocycles. The first-order chi connectivity index (χ1) is 12.8. The molecule has 160 valence electrons. The van der Waals surface area contributed by atoms with Crippen LogP contribution in [0.1, 0.15) is 41.5 Å². The summed E-state index contributed by atoms with van der Waals surface area (Å²) in [4.78, 5) is 22.1. The summed E-state index contributed by atoms with van der Waals surface area (Å²) in [7, 11) is 0. The lowest BCUT2D eigenvalue weighted by Gasteiger charge is -2.16. The smallest absolute Gasteiger partial charge is 0.333 e. The van der Waals surface area contributed by atoms with Crippen molar-refractivity contribution in [2.45, 2.75) is 65.3 Å². The Labute approximate surface area is 166 Å². The highest BCUT2D eigenvalue weighted by Crippen LogP contribution is 2.23. The minimum absolute atomic E-state index is 0.173. The van der Waals surface area contributed by atoms with E-state index in [1.807, 2.05) is 27.7 Å². The standard InChI is InChI=1S/2C10H16O4/c2*1-7(2)9(11)12-5-8-6-13-10(3,4)14-8/h2*8H,1,5-6H2,2-4H3. The molecular weight excluding hydrogens is 368 g/mol. The van der Waals surface area contributed by atoms with Crippen LogP contribution in [0.15, 0.2) is 24.3 Å². The van der Waals surface area contributed by atoms with E-state index in [1.54, 1.807) is 13.8 Å². The van der Waals surface area contributed by atoms with Gasteiger partial charge in [0.05, 0.1) is 13.2 Å². The van der Waals surface area contributed by atoms with Gasteiger partial charge < -0.3 is 28.4 Å². The van der Waals surface area contributed by atoms with Gasteiger partial charge in [-0.2, -0.15) is 0 Å². The number of hydrogen-bond acceptors (Lipinski definition) is 8. The first-order valence-electron chi connectivity index (χ1n) is 9.10. The molecule has 2 aliphatic heterocycles. The maximum absolute atomic E-state index is 11.0. The third kappa shape index (κ3) is 8.97. The van der Waals surface area contributed by atoms with Crippen molar-refractivity contribution in [3.8, 4) is 0 Å². The van der Waals surface area contributed by atoms with E-state index in [0.717, 1.165) is 0 Å². The Morgan fingerprint density at radius 1 is 0.821 bits per heavy atom. The Balaban J connectivity index is 0.000000280. The third-order valence-electron chi connectivity index (χ3n) is 3.63. The van der Waals surface area contributed by atoms with Gasteiger partial charge in [0.1, 0.15) is 25.4 Å². The fourth-order valence-electron chi connectivity index (χ4n) is 2.27. The van der Waals surface area contributed by atoms with E-state index < -0.39 is 23.5 Å². The first kappa shape index (κ1) is 24.3. The van der Waals surface area contributed by atoms with Crippen molar-refractivity contribution in [3.63, 3.8) is 0 Å². The third-order valence-corrected chi connectivity index (χ3v) is 3.63. The van der Waals surface area contributed by atoms with Gasteiger partial charge >= 0.3 is 11.9 Å². The number of ether oxygens (including phenoxy) is 6. The second-order valence-electron chi connectivity index (χ2n) is 7.66. The Morgan fingerprint density at radius 3 is 1.36 bits per heavy atom. The van der Waals surface area contributed by atoms with Crippen LogP contribution in [0, 0.1) is 0 Å². The predicted molar refractivity (Wildman–Crippen MR) is 101 cm³/mol. The Bertz CT molecular complexity index is 541. The van der Waals surface area contributed by atoms with Gasteiger partial charge in [-0.15, -0.1) is 0 Å². The summed E-state index contributed by atoms with van der Waals surface area (Å²) >= 11 is 0. The largest absolute Gasteiger partial charge is 0.459 e. The number of hydrogen-bond donors (Lipinski definition) is 0. The summed E-state index contributed by atoms with van der Waals surface area (Å²) in [5.74, 6) is -1.92. The fraction of sp³-hybridized carbons (Fsp3) is 0.700. The molecule has 2 aliphatic rings. The summed E-state index contributed by atoms with van der Waals surface area (Å²) < 4.78 is 31.4. The molecule has 0 aromatic heterocycles. The van der Waals surface area contributed by atoms with Crippen molar-refractivity contribution in [1.82, 2.24) is 0 Å². The number of rotatable bonds is 6. The molecule has 2 atom stereocenters. The van der Waals surface area contributed by atoms with Gasteiger partial charge in [0.15, 0.2) is 11.6 Å². The average molecular weight is 400 g/mol. The van der Waals surface area contributed by atoms with Crippen molar-refractivity contribution < 1.29 is 38.0 Å². The van der Waals surface area contributed by atoms with Gasteiger partial charge in [0, 0.05) is 11.1 Å². The molecule has 0 N–H and O–H groups in total. The molecule has 0 bridgehead atoms. The van der Waals surface area contributed by atoms with Gasteiger partial charge in [-0.25, -0.2) is 9.59 Å². The Morgan fingerprint density at radius 2 is 1.14 bits per heavy atom. The normalized spacial score (nSPS) is 24.6. The lowest BCUT2D eigenvalue weighted by atomic mass is 10.3. The van der Waals surface area contributed by atoms with E-state index in [9.17, 15) is 9.59 Å². The van der Waals surface area contributed by atoms with Crippen LogP contribution in [0.25, 0.3) is 0 Å². The fourth-order valence-corrected chi connectivity index (χ4v) is 2.27. The summed E-state index contributed by atoms with van der Waals surface area (Å²) in [5.41, 5.74) is 0.784. The molecule has 2 rings (SSSR count). The summed E-state index contributed by atoms with van der Waals surface area (Å²) in [5, 5.41) is 0. The van der Waals surface area contributed by atoms with E-state index >= 15 is 0 Å². The second-order valence-corrected chi connectivity index (χ2v) is 7.66. The molecule has 2 heterocycles. The molecule has 0 aliphatic carbocycles. The lowest BCUT2D eigenvalue weighted by molar-refractivity contribution is -0.155. The van der Waals surface area contributed by atoms with Gasteiger partial charge in [-0.3, -0.25) is 0 Å². The van der Waals surface area contributed by atoms with Crippen LogP contribution >= 0.6 is 0 Å². The molecule has 8 heteroatoms. The van der Waals surface area contributed by atoms with Crippen LogP contribution in [-0.4, -0.2) is 62.1 Å².